The van der Waals surface area contributed by atoms with Crippen molar-refractivity contribution in [2.45, 2.75) is 0 Å². The molecule has 1 N–H and O–H groups in total. The Balaban J connectivity index is 1.58. The summed E-state index contributed by atoms with van der Waals surface area (Å²) in [5.74, 6) is 0.0518. The Hall–Kier alpha value is -3.54. The van der Waals surface area contributed by atoms with E-state index in [9.17, 15) is 9.59 Å². The maximum atomic E-state index is 12.5. The predicted molar refractivity (Wildman–Crippen MR) is 129 cm³/mol. The zero-order valence-electron chi connectivity index (χ0n) is 16.9. The number of carbonyl (C=O) groups is 1. The highest BCUT2D eigenvalue weighted by Gasteiger charge is 2.10. The van der Waals surface area contributed by atoms with Crippen LogP contribution in [-0.2, 0) is 4.79 Å². The molecule has 1 amide bonds. The van der Waals surface area contributed by atoms with Crippen LogP contribution >= 0.6 is 23.2 Å². The zero-order chi connectivity index (χ0) is 22.7. The van der Waals surface area contributed by atoms with Crippen molar-refractivity contribution in [1.29, 1.82) is 0 Å². The SMILES string of the molecule is COc1c(Cl)cc(Cl)cc1C=CC(=O)Nc1cccc(-c2cc3ccccc3oc2=O)c1. The van der Waals surface area contributed by atoms with Gasteiger partial charge in [0.05, 0.1) is 17.7 Å². The van der Waals surface area contributed by atoms with Gasteiger partial charge in [0.2, 0.25) is 5.91 Å². The summed E-state index contributed by atoms with van der Waals surface area (Å²) < 4.78 is 10.7. The van der Waals surface area contributed by atoms with Crippen molar-refractivity contribution < 1.29 is 13.9 Å². The highest BCUT2D eigenvalue weighted by Crippen LogP contribution is 2.33. The fraction of sp³-hybridized carbons (Fsp3) is 0.0400. The minimum atomic E-state index is -0.447. The number of rotatable bonds is 5. The van der Waals surface area contributed by atoms with E-state index >= 15 is 0 Å². The third-order valence-corrected chi connectivity index (χ3v) is 5.24. The molecule has 0 atom stereocenters. The van der Waals surface area contributed by atoms with Gasteiger partial charge in [0.25, 0.3) is 0 Å². The molecule has 32 heavy (non-hydrogen) atoms. The molecule has 5 nitrogen and oxygen atoms in total. The van der Waals surface area contributed by atoms with Gasteiger partial charge < -0.3 is 14.5 Å². The summed E-state index contributed by atoms with van der Waals surface area (Å²) in [7, 11) is 1.49. The number of nitrogens with one attached hydrogen (secondary N) is 1. The molecule has 4 rings (SSSR count). The number of fused-ring (bicyclic) bond motifs is 1. The molecule has 0 aliphatic carbocycles. The number of methoxy groups -OCH3 is 1. The van der Waals surface area contributed by atoms with E-state index < -0.39 is 5.63 Å². The second kappa shape index (κ2) is 9.30. The first-order valence-electron chi connectivity index (χ1n) is 9.60. The molecule has 0 spiro atoms. The summed E-state index contributed by atoms with van der Waals surface area (Å²) in [6, 6.07) is 19.3. The molecule has 0 aliphatic rings. The topological polar surface area (TPSA) is 68.5 Å². The number of para-hydroxylation sites is 1. The summed E-state index contributed by atoms with van der Waals surface area (Å²) in [6.45, 7) is 0. The highest BCUT2D eigenvalue weighted by atomic mass is 35.5. The largest absolute Gasteiger partial charge is 0.495 e. The van der Waals surface area contributed by atoms with Gasteiger partial charge in [-0.3, -0.25) is 4.79 Å². The standard InChI is InChI=1S/C25H17Cl2NO4/c1-31-24-17(11-18(26)14-21(24)27)9-10-23(29)28-19-7-4-6-15(12-19)20-13-16-5-2-3-8-22(16)32-25(20)30/h2-14H,1H3,(H,28,29). The summed E-state index contributed by atoms with van der Waals surface area (Å²) in [6.07, 6.45) is 2.91. The molecule has 1 heterocycles. The Bertz CT molecular complexity index is 1410. The van der Waals surface area contributed by atoms with Crippen LogP contribution in [0.25, 0.3) is 28.2 Å². The number of ether oxygens (including phenoxy) is 1. The quantitative estimate of drug-likeness (QED) is 0.272. The molecule has 0 saturated heterocycles. The molecule has 0 radical (unpaired) electrons. The number of halogens is 2. The van der Waals surface area contributed by atoms with Gasteiger partial charge >= 0.3 is 5.63 Å². The van der Waals surface area contributed by atoms with E-state index in [1.165, 1.54) is 13.2 Å². The van der Waals surface area contributed by atoms with Gasteiger partial charge in [-0.2, -0.15) is 0 Å². The van der Waals surface area contributed by atoms with Gasteiger partial charge in [-0.1, -0.05) is 53.5 Å². The molecule has 160 valence electrons. The molecule has 0 aliphatic heterocycles. The first kappa shape index (κ1) is 21.7. The van der Waals surface area contributed by atoms with Crippen LogP contribution in [-0.4, -0.2) is 13.0 Å². The third kappa shape index (κ3) is 4.69. The number of anilines is 1. The average molecular weight is 466 g/mol. The Morgan fingerprint density at radius 1 is 1.03 bits per heavy atom. The molecule has 7 heteroatoms. The lowest BCUT2D eigenvalue weighted by molar-refractivity contribution is -0.111. The number of benzene rings is 3. The van der Waals surface area contributed by atoms with Crippen LogP contribution in [0.2, 0.25) is 10.0 Å². The normalized spacial score (nSPS) is 11.1. The number of amides is 1. The molecular weight excluding hydrogens is 449 g/mol. The first-order chi connectivity index (χ1) is 15.4. The van der Waals surface area contributed by atoms with Crippen molar-refractivity contribution in [3.05, 3.63) is 98.8 Å². The fourth-order valence-electron chi connectivity index (χ4n) is 3.30. The van der Waals surface area contributed by atoms with E-state index in [-0.39, 0.29) is 5.91 Å². The van der Waals surface area contributed by atoms with E-state index in [4.69, 9.17) is 32.4 Å². The summed E-state index contributed by atoms with van der Waals surface area (Å²) >= 11 is 12.2. The van der Waals surface area contributed by atoms with Gasteiger partial charge in [0, 0.05) is 27.7 Å². The van der Waals surface area contributed by atoms with Gasteiger partial charge in [0.1, 0.15) is 11.3 Å². The van der Waals surface area contributed by atoms with Crippen LogP contribution in [0.15, 0.2) is 82.0 Å². The minimum Gasteiger partial charge on any atom is -0.495 e. The van der Waals surface area contributed by atoms with Crippen molar-refractivity contribution in [3.63, 3.8) is 0 Å². The van der Waals surface area contributed by atoms with E-state index in [1.54, 1.807) is 54.6 Å². The van der Waals surface area contributed by atoms with Crippen molar-refractivity contribution in [3.8, 4) is 16.9 Å². The van der Waals surface area contributed by atoms with Gasteiger partial charge in [-0.25, -0.2) is 4.79 Å². The van der Waals surface area contributed by atoms with Crippen molar-refractivity contribution in [1.82, 2.24) is 0 Å². The van der Waals surface area contributed by atoms with Crippen molar-refractivity contribution in [2.75, 3.05) is 12.4 Å². The second-order valence-electron chi connectivity index (χ2n) is 6.90. The van der Waals surface area contributed by atoms with E-state index in [0.717, 1.165) is 5.39 Å². The molecule has 4 aromatic rings. The average Bonchev–Trinajstić information content (AvgIpc) is 2.77. The van der Waals surface area contributed by atoms with Gasteiger partial charge in [-0.15, -0.1) is 0 Å². The van der Waals surface area contributed by atoms with Crippen LogP contribution in [0.3, 0.4) is 0 Å². The van der Waals surface area contributed by atoms with Crippen LogP contribution in [0.1, 0.15) is 5.56 Å². The lowest BCUT2D eigenvalue weighted by Crippen LogP contribution is -2.08. The van der Waals surface area contributed by atoms with Gasteiger partial charge in [-0.05, 0) is 48.0 Å². The third-order valence-electron chi connectivity index (χ3n) is 4.74. The zero-order valence-corrected chi connectivity index (χ0v) is 18.4. The lowest BCUT2D eigenvalue weighted by atomic mass is 10.1. The van der Waals surface area contributed by atoms with E-state index in [0.29, 0.717) is 43.8 Å². The Morgan fingerprint density at radius 2 is 1.84 bits per heavy atom. The van der Waals surface area contributed by atoms with E-state index in [2.05, 4.69) is 5.32 Å². The van der Waals surface area contributed by atoms with Crippen LogP contribution in [0, 0.1) is 0 Å². The van der Waals surface area contributed by atoms with Crippen molar-refractivity contribution >= 4 is 51.8 Å². The lowest BCUT2D eigenvalue weighted by Gasteiger charge is -2.08. The summed E-state index contributed by atoms with van der Waals surface area (Å²) in [5, 5.41) is 4.37. The van der Waals surface area contributed by atoms with E-state index in [1.807, 2.05) is 18.2 Å². The minimum absolute atomic E-state index is 0.349. The summed E-state index contributed by atoms with van der Waals surface area (Å²) in [5.41, 5.74) is 2.22. The number of carbonyl (C=O) groups excluding carboxylic acids is 1. The maximum absolute atomic E-state index is 12.5. The molecule has 0 fully saturated rings. The fourth-order valence-corrected chi connectivity index (χ4v) is 3.88. The molecular formula is C25H17Cl2NO4. The highest BCUT2D eigenvalue weighted by molar-refractivity contribution is 6.36. The molecule has 0 unspecified atom stereocenters. The smallest absolute Gasteiger partial charge is 0.344 e. The van der Waals surface area contributed by atoms with Crippen LogP contribution < -0.4 is 15.7 Å². The van der Waals surface area contributed by atoms with Gasteiger partial charge in [0.15, 0.2) is 0 Å². The monoisotopic (exact) mass is 465 g/mol. The van der Waals surface area contributed by atoms with Crippen LogP contribution in [0.5, 0.6) is 5.75 Å². The first-order valence-corrected chi connectivity index (χ1v) is 10.4. The summed E-state index contributed by atoms with van der Waals surface area (Å²) in [4.78, 5) is 24.9. The molecule has 0 saturated carbocycles. The van der Waals surface area contributed by atoms with Crippen LogP contribution in [0.4, 0.5) is 5.69 Å². The number of hydrogen-bond donors (Lipinski definition) is 1. The molecule has 3 aromatic carbocycles. The Labute approximate surface area is 193 Å². The molecule has 0 bridgehead atoms. The molecule has 1 aromatic heterocycles. The number of hydrogen-bond acceptors (Lipinski definition) is 4. The van der Waals surface area contributed by atoms with Crippen molar-refractivity contribution in [2.24, 2.45) is 0 Å². The second-order valence-corrected chi connectivity index (χ2v) is 7.74. The predicted octanol–water partition coefficient (Wildman–Crippen LogP) is 6.43. The Morgan fingerprint density at radius 3 is 2.66 bits per heavy atom. The Kier molecular flexibility index (Phi) is 6.30. The maximum Gasteiger partial charge on any atom is 0.344 e.